The first-order chi connectivity index (χ1) is 8.69. The fraction of sp³-hybridized carbons (Fsp3) is 0.214. The number of hydrogen-bond acceptors (Lipinski definition) is 3. The van der Waals surface area contributed by atoms with Crippen molar-refractivity contribution in [3.05, 3.63) is 53.2 Å². The molecule has 1 atom stereocenters. The molecule has 0 aliphatic carbocycles. The largest absolute Gasteiger partial charge is 0.399 e. The van der Waals surface area contributed by atoms with E-state index in [9.17, 15) is 0 Å². The number of nitrogens with one attached hydrogen (secondary N) is 1. The number of pyridine rings is 1. The summed E-state index contributed by atoms with van der Waals surface area (Å²) in [6.45, 7) is 2.12. The Kier molecular flexibility index (Phi) is 4.05. The Labute approximate surface area is 112 Å². The molecule has 0 saturated carbocycles. The molecule has 0 radical (unpaired) electrons. The molecule has 0 aliphatic heterocycles. The zero-order valence-electron chi connectivity index (χ0n) is 10.2. The maximum Gasteiger partial charge on any atom is 0.133 e. The Morgan fingerprint density at radius 2 is 2.00 bits per heavy atom. The fourth-order valence-corrected chi connectivity index (χ4v) is 2.09. The van der Waals surface area contributed by atoms with Crippen molar-refractivity contribution >= 4 is 23.1 Å². The molecule has 0 saturated heterocycles. The van der Waals surface area contributed by atoms with E-state index in [4.69, 9.17) is 17.3 Å². The van der Waals surface area contributed by atoms with E-state index in [0.717, 1.165) is 6.42 Å². The Hall–Kier alpha value is -1.74. The number of nitrogens with two attached hydrogens (primary N) is 1. The lowest BCUT2D eigenvalue weighted by molar-refractivity contribution is 0.745. The standard InChI is InChI=1S/C14H16ClN3/c1-2-12(10-6-4-3-5-7-10)17-14-9-11(16)8-13(15)18-14/h3-9,12H,2H2,1H3,(H3,16,17,18). The van der Waals surface area contributed by atoms with Crippen LogP contribution in [0.4, 0.5) is 11.5 Å². The van der Waals surface area contributed by atoms with Gasteiger partial charge in [-0.1, -0.05) is 48.9 Å². The normalized spacial score (nSPS) is 12.1. The Balaban J connectivity index is 2.20. The summed E-state index contributed by atoms with van der Waals surface area (Å²) in [7, 11) is 0. The fourth-order valence-electron chi connectivity index (χ4n) is 1.88. The van der Waals surface area contributed by atoms with Crippen LogP contribution in [0.25, 0.3) is 0 Å². The van der Waals surface area contributed by atoms with E-state index >= 15 is 0 Å². The van der Waals surface area contributed by atoms with E-state index in [2.05, 4.69) is 29.4 Å². The zero-order chi connectivity index (χ0) is 13.0. The van der Waals surface area contributed by atoms with Crippen molar-refractivity contribution in [3.63, 3.8) is 0 Å². The maximum atomic E-state index is 5.89. The molecule has 1 unspecified atom stereocenters. The van der Waals surface area contributed by atoms with Crippen LogP contribution in [0.15, 0.2) is 42.5 Å². The molecule has 0 fully saturated rings. The predicted molar refractivity (Wildman–Crippen MR) is 76.8 cm³/mol. The zero-order valence-corrected chi connectivity index (χ0v) is 11.0. The molecule has 3 nitrogen and oxygen atoms in total. The van der Waals surface area contributed by atoms with Crippen molar-refractivity contribution in [1.29, 1.82) is 0 Å². The van der Waals surface area contributed by atoms with E-state index in [-0.39, 0.29) is 6.04 Å². The highest BCUT2D eigenvalue weighted by atomic mass is 35.5. The van der Waals surface area contributed by atoms with Crippen molar-refractivity contribution in [2.24, 2.45) is 0 Å². The summed E-state index contributed by atoms with van der Waals surface area (Å²) in [4.78, 5) is 4.22. The Morgan fingerprint density at radius 3 is 2.61 bits per heavy atom. The molecule has 2 aromatic rings. The summed E-state index contributed by atoms with van der Waals surface area (Å²) in [6.07, 6.45) is 0.956. The average molecular weight is 262 g/mol. The van der Waals surface area contributed by atoms with E-state index in [0.29, 0.717) is 16.7 Å². The summed E-state index contributed by atoms with van der Waals surface area (Å²) in [6, 6.07) is 13.9. The van der Waals surface area contributed by atoms with Crippen LogP contribution in [-0.2, 0) is 0 Å². The predicted octanol–water partition coefficient (Wildman–Crippen LogP) is 3.88. The number of benzene rings is 1. The van der Waals surface area contributed by atoms with Crippen molar-refractivity contribution in [2.45, 2.75) is 19.4 Å². The second-order valence-electron chi connectivity index (χ2n) is 4.12. The molecule has 3 N–H and O–H groups in total. The smallest absolute Gasteiger partial charge is 0.133 e. The van der Waals surface area contributed by atoms with Crippen molar-refractivity contribution in [1.82, 2.24) is 4.98 Å². The number of anilines is 2. The molecule has 1 aromatic carbocycles. The molecule has 0 amide bonds. The number of nitrogen functional groups attached to an aromatic ring is 1. The van der Waals surface area contributed by atoms with Crippen molar-refractivity contribution in [2.75, 3.05) is 11.1 Å². The van der Waals surface area contributed by atoms with Gasteiger partial charge in [-0.05, 0) is 18.1 Å². The van der Waals surface area contributed by atoms with Gasteiger partial charge in [-0.25, -0.2) is 4.98 Å². The van der Waals surface area contributed by atoms with Crippen LogP contribution in [0.2, 0.25) is 5.15 Å². The molecule has 18 heavy (non-hydrogen) atoms. The van der Waals surface area contributed by atoms with E-state index in [1.54, 1.807) is 12.1 Å². The van der Waals surface area contributed by atoms with Gasteiger partial charge in [0.05, 0.1) is 6.04 Å². The highest BCUT2D eigenvalue weighted by Crippen LogP contribution is 2.23. The van der Waals surface area contributed by atoms with Crippen LogP contribution in [0.1, 0.15) is 24.9 Å². The first-order valence-corrected chi connectivity index (χ1v) is 6.31. The summed E-state index contributed by atoms with van der Waals surface area (Å²) in [5.41, 5.74) is 7.58. The van der Waals surface area contributed by atoms with Gasteiger partial charge < -0.3 is 11.1 Å². The molecule has 94 valence electrons. The quantitative estimate of drug-likeness (QED) is 0.821. The average Bonchev–Trinajstić information content (AvgIpc) is 2.36. The van der Waals surface area contributed by atoms with Gasteiger partial charge in [0, 0.05) is 11.8 Å². The molecular formula is C14H16ClN3. The van der Waals surface area contributed by atoms with Gasteiger partial charge in [-0.2, -0.15) is 0 Å². The van der Waals surface area contributed by atoms with E-state index in [1.807, 2.05) is 18.2 Å². The van der Waals surface area contributed by atoms with Gasteiger partial charge in [-0.3, -0.25) is 0 Å². The van der Waals surface area contributed by atoms with Crippen LogP contribution in [0.5, 0.6) is 0 Å². The lowest BCUT2D eigenvalue weighted by Crippen LogP contribution is -2.11. The third-order valence-electron chi connectivity index (χ3n) is 2.75. The molecule has 0 spiro atoms. The van der Waals surface area contributed by atoms with Gasteiger partial charge >= 0.3 is 0 Å². The van der Waals surface area contributed by atoms with Crippen LogP contribution in [0.3, 0.4) is 0 Å². The van der Waals surface area contributed by atoms with E-state index < -0.39 is 0 Å². The van der Waals surface area contributed by atoms with Crippen LogP contribution in [0, 0.1) is 0 Å². The molecule has 4 heteroatoms. The molecule has 0 aliphatic rings. The van der Waals surface area contributed by atoms with Crippen LogP contribution in [-0.4, -0.2) is 4.98 Å². The summed E-state index contributed by atoms with van der Waals surface area (Å²) >= 11 is 5.89. The maximum absolute atomic E-state index is 5.89. The van der Waals surface area contributed by atoms with Gasteiger partial charge in [0.2, 0.25) is 0 Å². The Bertz CT molecular complexity index is 493. The van der Waals surface area contributed by atoms with Gasteiger partial charge in [0.25, 0.3) is 0 Å². The van der Waals surface area contributed by atoms with Crippen LogP contribution >= 0.6 is 11.6 Å². The highest BCUT2D eigenvalue weighted by Gasteiger charge is 2.09. The number of hydrogen-bond donors (Lipinski definition) is 2. The number of nitrogens with zero attached hydrogens (tertiary/aromatic N) is 1. The number of halogens is 1. The lowest BCUT2D eigenvalue weighted by Gasteiger charge is -2.18. The van der Waals surface area contributed by atoms with Crippen molar-refractivity contribution in [3.8, 4) is 0 Å². The third-order valence-corrected chi connectivity index (χ3v) is 2.94. The minimum absolute atomic E-state index is 0.205. The summed E-state index contributed by atoms with van der Waals surface area (Å²) in [5.74, 6) is 0.704. The second-order valence-corrected chi connectivity index (χ2v) is 4.51. The summed E-state index contributed by atoms with van der Waals surface area (Å²) in [5, 5.41) is 3.75. The van der Waals surface area contributed by atoms with Gasteiger partial charge in [0.15, 0.2) is 0 Å². The first-order valence-electron chi connectivity index (χ1n) is 5.93. The topological polar surface area (TPSA) is 50.9 Å². The van der Waals surface area contributed by atoms with Crippen LogP contribution < -0.4 is 11.1 Å². The van der Waals surface area contributed by atoms with Crippen molar-refractivity contribution < 1.29 is 0 Å². The highest BCUT2D eigenvalue weighted by molar-refractivity contribution is 6.29. The van der Waals surface area contributed by atoms with Gasteiger partial charge in [-0.15, -0.1) is 0 Å². The first kappa shape index (κ1) is 12.7. The molecule has 1 aromatic heterocycles. The summed E-state index contributed by atoms with van der Waals surface area (Å²) < 4.78 is 0. The molecule has 2 rings (SSSR count). The second kappa shape index (κ2) is 5.74. The molecule has 0 bridgehead atoms. The Morgan fingerprint density at radius 1 is 1.28 bits per heavy atom. The molecule has 1 heterocycles. The minimum Gasteiger partial charge on any atom is -0.399 e. The monoisotopic (exact) mass is 261 g/mol. The molecular weight excluding hydrogens is 246 g/mol. The number of rotatable bonds is 4. The lowest BCUT2D eigenvalue weighted by atomic mass is 10.0. The van der Waals surface area contributed by atoms with Gasteiger partial charge in [0.1, 0.15) is 11.0 Å². The minimum atomic E-state index is 0.205. The number of aromatic nitrogens is 1. The van der Waals surface area contributed by atoms with E-state index in [1.165, 1.54) is 5.56 Å². The SMILES string of the molecule is CCC(Nc1cc(N)cc(Cl)n1)c1ccccc1. The third kappa shape index (κ3) is 3.14.